The van der Waals surface area contributed by atoms with Crippen LogP contribution < -0.4 is 10.1 Å². The molecule has 0 saturated heterocycles. The number of benzene rings is 1. The molecule has 5 heteroatoms. The van der Waals surface area contributed by atoms with E-state index in [1.165, 1.54) is 7.11 Å². The Labute approximate surface area is 112 Å². The highest BCUT2D eigenvalue weighted by Gasteiger charge is 2.23. The number of nitrogens with one attached hydrogen (secondary N) is 1. The van der Waals surface area contributed by atoms with E-state index in [9.17, 15) is 13.6 Å². The van der Waals surface area contributed by atoms with Gasteiger partial charge in [-0.15, -0.1) is 0 Å². The predicted octanol–water partition coefficient (Wildman–Crippen LogP) is 3.14. The molecule has 0 aliphatic heterocycles. The normalized spacial score (nSPS) is 13.0. The van der Waals surface area contributed by atoms with Crippen LogP contribution in [0.2, 0.25) is 0 Å². The lowest BCUT2D eigenvalue weighted by Gasteiger charge is -2.28. The van der Waals surface area contributed by atoms with E-state index in [4.69, 9.17) is 0 Å². The van der Waals surface area contributed by atoms with Gasteiger partial charge >= 0.3 is 0 Å². The number of hydrogen-bond acceptors (Lipinski definition) is 2. The van der Waals surface area contributed by atoms with Crippen molar-refractivity contribution in [2.75, 3.05) is 7.11 Å². The fourth-order valence-corrected chi connectivity index (χ4v) is 1.38. The van der Waals surface area contributed by atoms with Crippen LogP contribution in [0, 0.1) is 17.0 Å². The Hall–Kier alpha value is -1.65. The monoisotopic (exact) mass is 271 g/mol. The first-order valence-electron chi connectivity index (χ1n) is 6.00. The number of carbonyl (C=O) groups is 1. The molecule has 0 fully saturated rings. The molecule has 0 radical (unpaired) electrons. The van der Waals surface area contributed by atoms with Crippen molar-refractivity contribution in [3.8, 4) is 5.75 Å². The minimum absolute atomic E-state index is 0.0631. The molecule has 0 aliphatic rings. The summed E-state index contributed by atoms with van der Waals surface area (Å²) >= 11 is 0. The maximum absolute atomic E-state index is 13.5. The van der Waals surface area contributed by atoms with E-state index in [-0.39, 0.29) is 17.0 Å². The molecule has 0 saturated carbocycles. The highest BCUT2D eigenvalue weighted by Crippen LogP contribution is 2.23. The summed E-state index contributed by atoms with van der Waals surface area (Å²) in [6.07, 6.45) is 0. The number of hydrogen-bond donors (Lipinski definition) is 1. The third kappa shape index (κ3) is 3.66. The van der Waals surface area contributed by atoms with E-state index in [1.807, 2.05) is 27.7 Å². The van der Waals surface area contributed by atoms with Crippen molar-refractivity contribution in [3.63, 3.8) is 0 Å². The lowest BCUT2D eigenvalue weighted by atomic mass is 9.88. The summed E-state index contributed by atoms with van der Waals surface area (Å²) in [6.45, 7) is 7.74. The molecule has 19 heavy (non-hydrogen) atoms. The quantitative estimate of drug-likeness (QED) is 0.917. The highest BCUT2D eigenvalue weighted by atomic mass is 19.1. The van der Waals surface area contributed by atoms with Crippen molar-refractivity contribution in [3.05, 3.63) is 29.3 Å². The molecule has 0 bridgehead atoms. The third-order valence-electron chi connectivity index (χ3n) is 3.11. The maximum Gasteiger partial charge on any atom is 0.251 e. The fraction of sp³-hybridized carbons (Fsp3) is 0.500. The van der Waals surface area contributed by atoms with Crippen LogP contribution in [-0.2, 0) is 0 Å². The van der Waals surface area contributed by atoms with Gasteiger partial charge in [-0.1, -0.05) is 20.8 Å². The molecule has 0 unspecified atom stereocenters. The zero-order chi connectivity index (χ0) is 14.8. The smallest absolute Gasteiger partial charge is 0.251 e. The van der Waals surface area contributed by atoms with E-state index in [0.29, 0.717) is 0 Å². The summed E-state index contributed by atoms with van der Waals surface area (Å²) in [5.41, 5.74) is -0.203. The Morgan fingerprint density at radius 3 is 2.11 bits per heavy atom. The molecular formula is C14H19F2NO2. The molecule has 1 aromatic carbocycles. The minimum atomic E-state index is -0.893. The van der Waals surface area contributed by atoms with Crippen LogP contribution in [0.3, 0.4) is 0 Å². The second-order valence-corrected chi connectivity index (χ2v) is 5.53. The fourth-order valence-electron chi connectivity index (χ4n) is 1.38. The van der Waals surface area contributed by atoms with Crippen LogP contribution in [0.5, 0.6) is 5.75 Å². The van der Waals surface area contributed by atoms with Crippen molar-refractivity contribution in [1.29, 1.82) is 0 Å². The first-order valence-corrected chi connectivity index (χ1v) is 6.00. The second kappa shape index (κ2) is 5.55. The largest absolute Gasteiger partial charge is 0.491 e. The zero-order valence-electron chi connectivity index (χ0n) is 11.8. The van der Waals surface area contributed by atoms with Crippen LogP contribution in [0.15, 0.2) is 12.1 Å². The standard InChI is InChI=1S/C14H19F2NO2/c1-8(14(2,3)4)17-13(18)9-6-10(15)12(19-5)11(16)7-9/h6-8H,1-5H3,(H,17,18)/t8-/m0/s1. The van der Waals surface area contributed by atoms with Gasteiger partial charge in [-0.3, -0.25) is 4.79 Å². The lowest BCUT2D eigenvalue weighted by molar-refractivity contribution is 0.0909. The number of methoxy groups -OCH3 is 1. The lowest BCUT2D eigenvalue weighted by Crippen LogP contribution is -2.41. The van der Waals surface area contributed by atoms with Crippen molar-refractivity contribution in [1.82, 2.24) is 5.32 Å². The summed E-state index contributed by atoms with van der Waals surface area (Å²) in [7, 11) is 1.17. The number of carbonyl (C=O) groups excluding carboxylic acids is 1. The number of rotatable bonds is 3. The van der Waals surface area contributed by atoms with Gasteiger partial charge in [0.2, 0.25) is 0 Å². The Morgan fingerprint density at radius 1 is 1.26 bits per heavy atom. The summed E-state index contributed by atoms with van der Waals surface area (Å²) in [5, 5.41) is 2.71. The van der Waals surface area contributed by atoms with Crippen LogP contribution in [0.25, 0.3) is 0 Å². The second-order valence-electron chi connectivity index (χ2n) is 5.53. The topological polar surface area (TPSA) is 38.3 Å². The van der Waals surface area contributed by atoms with Crippen molar-refractivity contribution < 1.29 is 18.3 Å². The molecule has 0 spiro atoms. The van der Waals surface area contributed by atoms with Gasteiger partial charge < -0.3 is 10.1 Å². The van der Waals surface area contributed by atoms with Crippen molar-refractivity contribution in [2.24, 2.45) is 5.41 Å². The van der Waals surface area contributed by atoms with E-state index >= 15 is 0 Å². The Kier molecular flexibility index (Phi) is 4.50. The van der Waals surface area contributed by atoms with Gasteiger partial charge in [0, 0.05) is 11.6 Å². The van der Waals surface area contributed by atoms with Crippen molar-refractivity contribution >= 4 is 5.91 Å². The third-order valence-corrected chi connectivity index (χ3v) is 3.11. The summed E-state index contributed by atoms with van der Waals surface area (Å²) < 4.78 is 31.6. The number of amides is 1. The molecule has 1 rings (SSSR count). The summed E-state index contributed by atoms with van der Waals surface area (Å²) in [6, 6.07) is 1.80. The van der Waals surface area contributed by atoms with Gasteiger partial charge in [-0.05, 0) is 24.5 Å². The highest BCUT2D eigenvalue weighted by molar-refractivity contribution is 5.94. The Morgan fingerprint density at radius 2 is 1.74 bits per heavy atom. The molecule has 106 valence electrons. The van der Waals surface area contributed by atoms with E-state index in [2.05, 4.69) is 10.1 Å². The van der Waals surface area contributed by atoms with Gasteiger partial charge in [-0.2, -0.15) is 0 Å². The van der Waals surface area contributed by atoms with Gasteiger partial charge in [0.1, 0.15) is 0 Å². The Bertz CT molecular complexity index is 458. The molecule has 1 atom stereocenters. The molecule has 1 N–H and O–H groups in total. The Balaban J connectivity index is 2.96. The van der Waals surface area contributed by atoms with Gasteiger partial charge in [0.05, 0.1) is 7.11 Å². The molecule has 0 aromatic heterocycles. The zero-order valence-corrected chi connectivity index (χ0v) is 11.8. The van der Waals surface area contributed by atoms with Crippen molar-refractivity contribution in [2.45, 2.75) is 33.7 Å². The van der Waals surface area contributed by atoms with E-state index in [1.54, 1.807) is 0 Å². The van der Waals surface area contributed by atoms with Gasteiger partial charge in [0.15, 0.2) is 17.4 Å². The van der Waals surface area contributed by atoms with Gasteiger partial charge in [-0.25, -0.2) is 8.78 Å². The molecule has 1 amide bonds. The van der Waals surface area contributed by atoms with Crippen LogP contribution >= 0.6 is 0 Å². The SMILES string of the molecule is COc1c(F)cc(C(=O)N[C@@H](C)C(C)(C)C)cc1F. The first kappa shape index (κ1) is 15.4. The van der Waals surface area contributed by atoms with Crippen LogP contribution in [-0.4, -0.2) is 19.1 Å². The molecular weight excluding hydrogens is 252 g/mol. The molecule has 0 heterocycles. The maximum atomic E-state index is 13.5. The minimum Gasteiger partial charge on any atom is -0.491 e. The molecule has 3 nitrogen and oxygen atoms in total. The predicted molar refractivity (Wildman–Crippen MR) is 69.3 cm³/mol. The average Bonchev–Trinajstić information content (AvgIpc) is 2.27. The number of ether oxygens (including phenoxy) is 1. The van der Waals surface area contributed by atoms with E-state index < -0.39 is 23.3 Å². The van der Waals surface area contributed by atoms with Gasteiger partial charge in [0.25, 0.3) is 5.91 Å². The first-order chi connectivity index (χ1) is 8.66. The molecule has 1 aromatic rings. The summed E-state index contributed by atoms with van der Waals surface area (Å²) in [4.78, 5) is 11.9. The average molecular weight is 271 g/mol. The number of halogens is 2. The van der Waals surface area contributed by atoms with Crippen LogP contribution in [0.4, 0.5) is 8.78 Å². The summed E-state index contributed by atoms with van der Waals surface area (Å²) in [5.74, 6) is -2.78. The van der Waals surface area contributed by atoms with E-state index in [0.717, 1.165) is 12.1 Å². The molecule has 0 aliphatic carbocycles. The van der Waals surface area contributed by atoms with Crippen LogP contribution in [0.1, 0.15) is 38.1 Å².